The number of nitrogens with zero attached hydrogens (tertiary/aromatic N) is 1. The molecule has 4 aliphatic rings. The van der Waals surface area contributed by atoms with Gasteiger partial charge in [0.05, 0.1) is 109 Å². The number of hydrogen-bond donors (Lipinski definition) is 15. The van der Waals surface area contributed by atoms with Crippen molar-refractivity contribution in [1.82, 2.24) is 26.6 Å². The van der Waals surface area contributed by atoms with Gasteiger partial charge in [-0.15, -0.1) is 0 Å². The summed E-state index contributed by atoms with van der Waals surface area (Å²) in [6.07, 6.45) is -7.11. The van der Waals surface area contributed by atoms with E-state index < -0.39 is 183 Å². The number of aliphatic hydroxyl groups excluding tert-OH is 9. The normalized spacial score (nSPS) is 28.2. The minimum absolute atomic E-state index is 0.00881. The number of hydrogen-bond acceptors (Lipinski definition) is 34. The highest BCUT2D eigenvalue weighted by Crippen LogP contribution is 2.36. The van der Waals surface area contributed by atoms with Crippen LogP contribution in [0.25, 0.3) is 0 Å². The molecule has 39 nitrogen and oxygen atoms in total. The molecule has 5 amide bonds. The van der Waals surface area contributed by atoms with E-state index in [1.165, 1.54) is 13.8 Å². The molecule has 19 atom stereocenters. The van der Waals surface area contributed by atoms with Gasteiger partial charge in [0, 0.05) is 135 Å². The summed E-state index contributed by atoms with van der Waals surface area (Å²) in [7, 11) is 0. The van der Waals surface area contributed by atoms with Gasteiger partial charge in [0.1, 0.15) is 70.9 Å². The largest absolute Gasteiger partial charge is 0.433 e. The molecule has 4 saturated heterocycles. The Bertz CT molecular complexity index is 2960. The monoisotopic (exact) mass is 1720 g/mol. The highest BCUT2D eigenvalue weighted by atomic mass is 16.9. The van der Waals surface area contributed by atoms with Gasteiger partial charge in [0.15, 0.2) is 18.9 Å². The minimum Gasteiger partial charge on any atom is -0.410 e. The Morgan fingerprint density at radius 3 is 1.39 bits per heavy atom. The van der Waals surface area contributed by atoms with Crippen LogP contribution in [-0.4, -0.2) is 325 Å². The minimum atomic E-state index is -2.13. The third kappa shape index (κ3) is 40.0. The second kappa shape index (κ2) is 56.9. The lowest BCUT2D eigenvalue weighted by molar-refractivity contribution is -0.395. The molecule has 120 heavy (non-hydrogen) atoms. The molecule has 4 rings (SSSR count). The first-order valence-corrected chi connectivity index (χ1v) is 42.3. The van der Waals surface area contributed by atoms with E-state index in [4.69, 9.17) is 61.7 Å². The summed E-state index contributed by atoms with van der Waals surface area (Å²) < 4.78 is 69.4. The lowest BCUT2D eigenvalue weighted by Crippen LogP contribution is -2.63. The van der Waals surface area contributed by atoms with E-state index in [9.17, 15) is 99.0 Å². The zero-order valence-electron chi connectivity index (χ0n) is 71.3. The van der Waals surface area contributed by atoms with Crippen LogP contribution in [0.5, 0.6) is 0 Å². The number of Topliss-reactive ketones (excluding diaryl/α,β-unsaturated/α-hetero) is 4. The first-order chi connectivity index (χ1) is 57.0. The summed E-state index contributed by atoms with van der Waals surface area (Å²) in [4.78, 5) is 134. The third-order valence-corrected chi connectivity index (χ3v) is 21.1. The molecule has 0 aromatic carbocycles. The quantitative estimate of drug-likeness (QED) is 0.00994. The summed E-state index contributed by atoms with van der Waals surface area (Å²) in [5.74, 6) is -5.89. The van der Waals surface area contributed by atoms with E-state index in [1.807, 2.05) is 20.8 Å². The Labute approximate surface area is 703 Å². The van der Waals surface area contributed by atoms with Gasteiger partial charge in [-0.2, -0.15) is 0 Å². The molecule has 39 heteroatoms. The van der Waals surface area contributed by atoms with Crippen molar-refractivity contribution in [3.63, 3.8) is 0 Å². The highest BCUT2D eigenvalue weighted by molar-refractivity contribution is 5.81. The van der Waals surface area contributed by atoms with Crippen molar-refractivity contribution in [2.24, 2.45) is 28.3 Å². The Balaban J connectivity index is 1.37. The number of carbonyl (C=O) groups excluding carboxylic acids is 10. The molecule has 0 radical (unpaired) electrons. The number of ketones is 4. The van der Waals surface area contributed by atoms with Gasteiger partial charge in [-0.1, -0.05) is 59.5 Å². The van der Waals surface area contributed by atoms with Gasteiger partial charge in [-0.3, -0.25) is 48.0 Å². The number of carbonyl (C=O) groups is 10. The van der Waals surface area contributed by atoms with E-state index in [2.05, 4.69) is 31.7 Å². The fraction of sp³-hybridized carbons (Fsp3) is 0.864. The molecule has 0 aromatic rings. The number of amides is 5. The molecule has 0 bridgehead atoms. The second-order valence-electron chi connectivity index (χ2n) is 33.0. The molecular formula is C81H140N6O33. The van der Waals surface area contributed by atoms with Crippen LogP contribution in [0.4, 0.5) is 4.79 Å². The van der Waals surface area contributed by atoms with E-state index >= 15 is 0 Å². The van der Waals surface area contributed by atoms with Crippen LogP contribution in [0.3, 0.4) is 0 Å². The molecule has 0 spiro atoms. The van der Waals surface area contributed by atoms with Crippen LogP contribution in [0, 0.1) is 23.2 Å². The molecule has 4 heterocycles. The van der Waals surface area contributed by atoms with Crippen molar-refractivity contribution in [2.45, 2.75) is 319 Å². The summed E-state index contributed by atoms with van der Waals surface area (Å²) in [5.41, 5.74) is -3.71. The van der Waals surface area contributed by atoms with Crippen LogP contribution in [-0.2, 0) is 105 Å². The number of aliphatic hydroxyl groups is 10. The van der Waals surface area contributed by atoms with Gasteiger partial charge >= 0.3 is 12.1 Å². The van der Waals surface area contributed by atoms with E-state index in [0.29, 0.717) is 109 Å². The highest BCUT2D eigenvalue weighted by Gasteiger charge is 2.53. The zero-order chi connectivity index (χ0) is 88.9. The maximum Gasteiger partial charge on any atom is 0.433 e. The maximum absolute atomic E-state index is 14.1. The predicted octanol–water partition coefficient (Wildman–Crippen LogP) is 0.684. The van der Waals surface area contributed by atoms with Crippen molar-refractivity contribution in [3.8, 4) is 0 Å². The average molecular weight is 1730 g/mol. The van der Waals surface area contributed by atoms with Crippen molar-refractivity contribution in [1.29, 1.82) is 0 Å². The number of unbranched alkanes of at least 4 members (excludes halogenated alkanes) is 7. The van der Waals surface area contributed by atoms with Gasteiger partial charge < -0.3 is 134 Å². The summed E-state index contributed by atoms with van der Waals surface area (Å²) >= 11 is 0. The first kappa shape index (κ1) is 106. The van der Waals surface area contributed by atoms with Crippen LogP contribution in [0.2, 0.25) is 0 Å². The first-order valence-electron chi connectivity index (χ1n) is 42.3. The Kier molecular flexibility index (Phi) is 50.5. The van der Waals surface area contributed by atoms with Crippen molar-refractivity contribution in [2.75, 3.05) is 106 Å². The lowest BCUT2D eigenvalue weighted by atomic mass is 9.82. The number of rotatable bonds is 63. The molecule has 4 aliphatic heterocycles. The summed E-state index contributed by atoms with van der Waals surface area (Å²) in [6.45, 7) is 10.9. The van der Waals surface area contributed by atoms with E-state index in [0.717, 1.165) is 6.21 Å². The summed E-state index contributed by atoms with van der Waals surface area (Å²) in [5, 5.41) is 119. The zero-order valence-corrected chi connectivity index (χ0v) is 71.3. The molecular weight excluding hydrogens is 1580 g/mol. The van der Waals surface area contributed by atoms with Crippen molar-refractivity contribution < 1.29 is 161 Å². The van der Waals surface area contributed by atoms with Crippen molar-refractivity contribution >= 4 is 65.5 Å². The third-order valence-electron chi connectivity index (χ3n) is 21.1. The summed E-state index contributed by atoms with van der Waals surface area (Å²) in [6, 6.07) is -1.18. The smallest absolute Gasteiger partial charge is 0.410 e. The molecule has 692 valence electrons. The average Bonchev–Trinajstić information content (AvgIpc) is 0.785. The van der Waals surface area contributed by atoms with Crippen LogP contribution >= 0.6 is 0 Å². The fourth-order valence-electron chi connectivity index (χ4n) is 13.7. The molecule has 0 aromatic heterocycles. The van der Waals surface area contributed by atoms with E-state index in [-0.39, 0.29) is 160 Å². The van der Waals surface area contributed by atoms with Crippen LogP contribution in [0.15, 0.2) is 5.16 Å². The molecule has 0 saturated carbocycles. The Morgan fingerprint density at radius 2 is 0.942 bits per heavy atom. The molecule has 4 fully saturated rings. The molecule has 8 unspecified atom stereocenters. The van der Waals surface area contributed by atoms with Gasteiger partial charge in [-0.25, -0.2) is 4.79 Å². The van der Waals surface area contributed by atoms with Gasteiger partial charge in [-0.05, 0) is 83.0 Å². The number of oxime groups is 1. The molecule has 15 N–H and O–H groups in total. The standard InChI is InChI=1S/C81H140N6O33/c1-52-69(101)71(103)62(44-88)116-74(52)111-36-18-15-26-56(93)22-11-9-13-24-58(95)30-39-108-48-80(49-109-40-31-59(96)25-14-10-12-23-57(94)27-16-19-37-112-75-53(2)70(102)72(104)63(45-89)117-75,50-110-41-32-66(99)83-34-21-33-82-65(98)28-17-20-38-113-76-54(3)73(105)79(8,107)64(46-90)118-76)87-67(100)29-35-84-77(106)120-85-43-61-68(86-55(4)92)60(97)42-81(119-61,115-51-91)114-47-78(5,6)7/h43,51-54,60-64,68-76,88-90,97,101-105,107H,9-42,44-50H2,1-8H3,(H,82,98)(H,83,99)(H,84,106)(H,86,92)(H,87,100)/t52-,53-,54-,60?,61?,62?,63?,64?,68+,69?,70?,71-,72-,73?,74+,75+,76+,79-,80?,81+/m1/s1. The Hall–Kier alpha value is -5.87. The van der Waals surface area contributed by atoms with Crippen molar-refractivity contribution in [3.05, 3.63) is 0 Å². The van der Waals surface area contributed by atoms with Gasteiger partial charge in [0.2, 0.25) is 23.6 Å². The number of nitrogens with one attached hydrogen (secondary N) is 5. The van der Waals surface area contributed by atoms with Gasteiger partial charge in [0.25, 0.3) is 6.47 Å². The Morgan fingerprint density at radius 1 is 0.500 bits per heavy atom. The maximum atomic E-state index is 14.1. The lowest BCUT2D eigenvalue weighted by Gasteiger charge is -2.46. The van der Waals surface area contributed by atoms with Crippen LogP contribution in [0.1, 0.15) is 216 Å². The molecule has 0 aliphatic carbocycles. The van der Waals surface area contributed by atoms with Crippen LogP contribution < -0.4 is 26.6 Å². The second-order valence-corrected chi connectivity index (χ2v) is 33.0. The topological polar surface area (TPSA) is 566 Å². The predicted molar refractivity (Wildman–Crippen MR) is 425 cm³/mol. The SMILES string of the molecule is CC(=O)N[C@H]1C(O)C[C@@](OC=O)(OCC(C)(C)C)OC1C=NOC(=O)NCCC(=O)NC(COCCC(=O)CCCCCC(=O)CCCCO[C@H]1OC(CO)[C@@H](O)C(O)[C@H]1C)(COCCC(=O)CCCCCC(=O)CCCCO[C@H]1OC(CO)[C@@H](O)C(O)[C@H]1C)COCCC(=O)NCCCNC(=O)CCCCO[C@H]1OC(CO)[C@@](C)(O)C(O)[C@H]1C. The number of ether oxygens (including phenoxy) is 12. The van der Waals surface area contributed by atoms with E-state index in [1.54, 1.807) is 20.8 Å². The fourth-order valence-corrected chi connectivity index (χ4v) is 13.7.